The molecule has 0 aliphatic rings. The number of halogens is 1. The molecule has 6 nitrogen and oxygen atoms in total. The first-order valence-corrected chi connectivity index (χ1v) is 7.19. The van der Waals surface area contributed by atoms with E-state index in [9.17, 15) is 14.0 Å². The topological polar surface area (TPSA) is 83.0 Å². The molecule has 2 aromatic heterocycles. The van der Waals surface area contributed by atoms with Crippen molar-refractivity contribution in [3.63, 3.8) is 0 Å². The molecule has 0 amide bonds. The summed E-state index contributed by atoms with van der Waals surface area (Å²) in [6.45, 7) is 0. The fourth-order valence-electron chi connectivity index (χ4n) is 2.58. The number of hydrogen-bond acceptors (Lipinski definition) is 3. The summed E-state index contributed by atoms with van der Waals surface area (Å²) in [5.41, 5.74) is 0.458. The van der Waals surface area contributed by atoms with Crippen LogP contribution in [0.5, 0.6) is 0 Å². The lowest BCUT2D eigenvalue weighted by Gasteiger charge is -1.98. The van der Waals surface area contributed by atoms with Gasteiger partial charge in [0, 0.05) is 10.9 Å². The molecule has 7 heteroatoms. The number of H-pyrrole nitrogens is 2. The van der Waals surface area contributed by atoms with Gasteiger partial charge in [0.25, 0.3) is 0 Å². The van der Waals surface area contributed by atoms with Crippen molar-refractivity contribution in [2.45, 2.75) is 0 Å². The van der Waals surface area contributed by atoms with Crippen molar-refractivity contribution >= 4 is 28.2 Å². The molecular weight excluding hydrogens is 311 g/mol. The number of benzene rings is 2. The second kappa shape index (κ2) is 5.31. The third-order valence-electron chi connectivity index (χ3n) is 3.71. The molecule has 0 aliphatic heterocycles. The van der Waals surface area contributed by atoms with E-state index in [-0.39, 0.29) is 11.0 Å². The van der Waals surface area contributed by atoms with E-state index >= 15 is 0 Å². The lowest BCUT2D eigenvalue weighted by Crippen LogP contribution is -2.32. The predicted molar refractivity (Wildman–Crippen MR) is 90.1 cm³/mol. The highest BCUT2D eigenvalue weighted by atomic mass is 19.1. The van der Waals surface area contributed by atoms with Crippen LogP contribution in [0.2, 0.25) is 0 Å². The van der Waals surface area contributed by atoms with Gasteiger partial charge in [-0.2, -0.15) is 5.10 Å². The average molecular weight is 322 g/mol. The van der Waals surface area contributed by atoms with Crippen LogP contribution >= 0.6 is 0 Å². The fourth-order valence-corrected chi connectivity index (χ4v) is 2.58. The summed E-state index contributed by atoms with van der Waals surface area (Å²) in [6, 6.07) is 13.2. The molecule has 2 heterocycles. The fraction of sp³-hybridized carbons (Fsp3) is 0. The van der Waals surface area contributed by atoms with Gasteiger partial charge in [-0.25, -0.2) is 9.18 Å². The van der Waals surface area contributed by atoms with Crippen LogP contribution in [0.1, 0.15) is 5.56 Å². The Kier molecular flexibility index (Phi) is 3.13. The van der Waals surface area contributed by atoms with Gasteiger partial charge < -0.3 is 9.97 Å². The maximum absolute atomic E-state index is 13.4. The molecule has 2 N–H and O–H groups in total. The normalized spacial score (nSPS) is 11.7. The van der Waals surface area contributed by atoms with Crippen molar-refractivity contribution in [1.29, 1.82) is 0 Å². The number of nitrogens with zero attached hydrogens (tertiary/aromatic N) is 2. The van der Waals surface area contributed by atoms with Crippen LogP contribution in [0.15, 0.2) is 63.2 Å². The maximum atomic E-state index is 13.4. The Morgan fingerprint density at radius 1 is 1.00 bits per heavy atom. The van der Waals surface area contributed by atoms with Crippen LogP contribution < -0.4 is 11.2 Å². The van der Waals surface area contributed by atoms with E-state index in [4.69, 9.17) is 0 Å². The highest BCUT2D eigenvalue weighted by Gasteiger charge is 2.12. The molecule has 0 saturated heterocycles. The summed E-state index contributed by atoms with van der Waals surface area (Å²) in [4.78, 5) is 30.2. The SMILES string of the molecule is O=c1[nH]c2c([nH]c3ccc(F)cc32)c(=O)n1/N=C\c1ccccc1. The van der Waals surface area contributed by atoms with Gasteiger partial charge in [0.05, 0.1) is 11.7 Å². The Bertz CT molecular complexity index is 1200. The van der Waals surface area contributed by atoms with Gasteiger partial charge in [0.1, 0.15) is 11.3 Å². The molecule has 2 aromatic carbocycles. The van der Waals surface area contributed by atoms with E-state index in [0.717, 1.165) is 10.2 Å². The third-order valence-corrected chi connectivity index (χ3v) is 3.71. The second-order valence-corrected chi connectivity index (χ2v) is 5.27. The molecule has 118 valence electrons. The van der Waals surface area contributed by atoms with Gasteiger partial charge in [-0.3, -0.25) is 4.79 Å². The minimum Gasteiger partial charge on any atom is -0.349 e. The Hall–Kier alpha value is -3.48. The van der Waals surface area contributed by atoms with Crippen LogP contribution in [0.3, 0.4) is 0 Å². The molecule has 4 rings (SSSR count). The molecule has 0 aliphatic carbocycles. The molecule has 0 bridgehead atoms. The lowest BCUT2D eigenvalue weighted by atomic mass is 10.2. The first-order chi connectivity index (χ1) is 11.6. The summed E-state index contributed by atoms with van der Waals surface area (Å²) in [7, 11) is 0. The summed E-state index contributed by atoms with van der Waals surface area (Å²) in [5, 5.41) is 4.40. The third kappa shape index (κ3) is 2.23. The van der Waals surface area contributed by atoms with E-state index in [0.29, 0.717) is 10.9 Å². The highest BCUT2D eigenvalue weighted by molar-refractivity contribution is 6.04. The summed E-state index contributed by atoms with van der Waals surface area (Å²) in [5.74, 6) is -0.449. The number of nitrogens with one attached hydrogen (secondary N) is 2. The minimum absolute atomic E-state index is 0.167. The Morgan fingerprint density at radius 2 is 1.79 bits per heavy atom. The standard InChI is InChI=1S/C17H11FN4O2/c18-11-6-7-13-12(8-11)14-15(20-13)16(23)22(17(24)21-14)19-9-10-4-2-1-3-5-10/h1-9,20H,(H,21,24)/b19-9-. The lowest BCUT2D eigenvalue weighted by molar-refractivity contribution is 0.630. The molecule has 0 unspecified atom stereocenters. The number of hydrogen-bond donors (Lipinski definition) is 2. The van der Waals surface area contributed by atoms with Crippen LogP contribution in [-0.4, -0.2) is 20.9 Å². The van der Waals surface area contributed by atoms with Crippen LogP contribution in [0.25, 0.3) is 21.9 Å². The first kappa shape index (κ1) is 14.1. The molecule has 0 fully saturated rings. The van der Waals surface area contributed by atoms with Gasteiger partial charge in [-0.1, -0.05) is 30.3 Å². The van der Waals surface area contributed by atoms with Crippen molar-refractivity contribution in [2.24, 2.45) is 5.10 Å². The summed E-state index contributed by atoms with van der Waals surface area (Å²) < 4.78 is 14.2. The van der Waals surface area contributed by atoms with Gasteiger partial charge >= 0.3 is 11.2 Å². The largest absolute Gasteiger partial charge is 0.350 e. The molecule has 0 spiro atoms. The summed E-state index contributed by atoms with van der Waals surface area (Å²) in [6.07, 6.45) is 1.42. The zero-order valence-electron chi connectivity index (χ0n) is 12.3. The molecular formula is C17H11FN4O2. The Morgan fingerprint density at radius 3 is 2.58 bits per heavy atom. The molecule has 0 radical (unpaired) electrons. The van der Waals surface area contributed by atoms with Gasteiger partial charge in [0.2, 0.25) is 0 Å². The maximum Gasteiger partial charge on any atom is 0.350 e. The average Bonchev–Trinajstić information content (AvgIpc) is 2.94. The van der Waals surface area contributed by atoms with Crippen LogP contribution in [0.4, 0.5) is 4.39 Å². The van der Waals surface area contributed by atoms with Crippen molar-refractivity contribution in [3.05, 3.63) is 80.7 Å². The van der Waals surface area contributed by atoms with Crippen LogP contribution in [-0.2, 0) is 0 Å². The number of aromatic nitrogens is 3. The molecule has 4 aromatic rings. The summed E-state index contributed by atoms with van der Waals surface area (Å²) >= 11 is 0. The van der Waals surface area contributed by atoms with E-state index in [2.05, 4.69) is 15.1 Å². The highest BCUT2D eigenvalue weighted by Crippen LogP contribution is 2.21. The minimum atomic E-state index is -0.690. The van der Waals surface area contributed by atoms with Crippen molar-refractivity contribution in [3.8, 4) is 0 Å². The van der Waals surface area contributed by atoms with E-state index in [1.54, 1.807) is 12.1 Å². The Labute approximate surface area is 133 Å². The van der Waals surface area contributed by atoms with Crippen molar-refractivity contribution in [2.75, 3.05) is 0 Å². The zero-order chi connectivity index (χ0) is 16.7. The Balaban J connectivity index is 1.95. The molecule has 24 heavy (non-hydrogen) atoms. The van der Waals surface area contributed by atoms with Gasteiger partial charge in [0.15, 0.2) is 0 Å². The predicted octanol–water partition coefficient (Wildman–Crippen LogP) is 2.19. The van der Waals surface area contributed by atoms with Crippen molar-refractivity contribution in [1.82, 2.24) is 14.6 Å². The van der Waals surface area contributed by atoms with Crippen molar-refractivity contribution < 1.29 is 4.39 Å². The number of rotatable bonds is 2. The monoisotopic (exact) mass is 322 g/mol. The second-order valence-electron chi connectivity index (χ2n) is 5.27. The molecule has 0 saturated carbocycles. The van der Waals surface area contributed by atoms with E-state index in [1.807, 2.05) is 18.2 Å². The van der Waals surface area contributed by atoms with Gasteiger partial charge in [-0.15, -0.1) is 4.68 Å². The zero-order valence-corrected chi connectivity index (χ0v) is 12.3. The van der Waals surface area contributed by atoms with Gasteiger partial charge in [-0.05, 0) is 23.8 Å². The number of aromatic amines is 2. The number of fused-ring (bicyclic) bond motifs is 3. The quantitative estimate of drug-likeness (QED) is 0.555. The van der Waals surface area contributed by atoms with E-state index < -0.39 is 17.1 Å². The van der Waals surface area contributed by atoms with E-state index in [1.165, 1.54) is 24.4 Å². The first-order valence-electron chi connectivity index (χ1n) is 7.19. The molecule has 0 atom stereocenters. The van der Waals surface area contributed by atoms with Crippen LogP contribution in [0, 0.1) is 5.82 Å². The smallest absolute Gasteiger partial charge is 0.349 e.